The fraction of sp³-hybridized carbons (Fsp3) is 0.571. The molecular weight excluding hydrogens is 344 g/mol. The topological polar surface area (TPSA) is 34.5 Å². The molecule has 2 aliphatic heterocycles. The summed E-state index contributed by atoms with van der Waals surface area (Å²) < 4.78 is 8.06. The van der Waals surface area contributed by atoms with Crippen LogP contribution in [0.2, 0.25) is 0 Å². The van der Waals surface area contributed by atoms with Gasteiger partial charge >= 0.3 is 5.97 Å². The van der Waals surface area contributed by atoms with Crippen LogP contribution in [0.4, 0.5) is 0 Å². The van der Waals surface area contributed by atoms with Crippen molar-refractivity contribution in [3.8, 4) is 0 Å². The molecule has 1 aromatic carbocycles. The SMILES string of the molecule is CCCCN1CCC(COC(=O)c2c3n(c4ccccc24)CCS3)CC1. The van der Waals surface area contributed by atoms with Gasteiger partial charge in [0, 0.05) is 23.2 Å². The smallest absolute Gasteiger partial charge is 0.341 e. The summed E-state index contributed by atoms with van der Waals surface area (Å²) in [4.78, 5) is 15.4. The quantitative estimate of drug-likeness (QED) is 0.703. The fourth-order valence-corrected chi connectivity index (χ4v) is 5.26. The Labute approximate surface area is 159 Å². The van der Waals surface area contributed by atoms with Crippen molar-refractivity contribution < 1.29 is 9.53 Å². The van der Waals surface area contributed by atoms with E-state index >= 15 is 0 Å². The lowest BCUT2D eigenvalue weighted by Crippen LogP contribution is -2.36. The van der Waals surface area contributed by atoms with Crippen LogP contribution in [0.15, 0.2) is 29.3 Å². The lowest BCUT2D eigenvalue weighted by Gasteiger charge is -2.31. The number of para-hydroxylation sites is 1. The Kier molecular flexibility index (Phi) is 5.55. The number of carbonyl (C=O) groups is 1. The molecule has 0 bridgehead atoms. The third kappa shape index (κ3) is 3.52. The first-order chi connectivity index (χ1) is 12.8. The molecule has 0 amide bonds. The molecule has 1 saturated heterocycles. The van der Waals surface area contributed by atoms with Gasteiger partial charge in [0.2, 0.25) is 0 Å². The lowest BCUT2D eigenvalue weighted by atomic mass is 9.97. The number of aromatic nitrogens is 1. The molecule has 0 spiro atoms. The largest absolute Gasteiger partial charge is 0.462 e. The van der Waals surface area contributed by atoms with Crippen LogP contribution in [-0.2, 0) is 11.3 Å². The number of esters is 1. The highest BCUT2D eigenvalue weighted by atomic mass is 32.2. The standard InChI is InChI=1S/C21H28N2O2S/c1-2-3-10-22-11-8-16(9-12-22)15-25-21(24)19-17-6-4-5-7-18(17)23-13-14-26-20(19)23/h4-7,16H,2-3,8-15H2,1H3. The number of ether oxygens (including phenoxy) is 1. The molecule has 0 aliphatic carbocycles. The summed E-state index contributed by atoms with van der Waals surface area (Å²) >= 11 is 1.77. The Hall–Kier alpha value is -1.46. The van der Waals surface area contributed by atoms with E-state index in [0.29, 0.717) is 12.5 Å². The van der Waals surface area contributed by atoms with Crippen LogP contribution in [0.1, 0.15) is 43.0 Å². The molecule has 4 nitrogen and oxygen atoms in total. The van der Waals surface area contributed by atoms with Crippen LogP contribution in [0, 0.1) is 5.92 Å². The number of benzene rings is 1. The van der Waals surface area contributed by atoms with Gasteiger partial charge in [0.25, 0.3) is 0 Å². The second-order valence-corrected chi connectivity index (χ2v) is 8.52. The van der Waals surface area contributed by atoms with E-state index in [1.54, 1.807) is 11.8 Å². The number of likely N-dealkylation sites (tertiary alicyclic amines) is 1. The van der Waals surface area contributed by atoms with Crippen molar-refractivity contribution in [1.29, 1.82) is 0 Å². The minimum atomic E-state index is -0.141. The van der Waals surface area contributed by atoms with Gasteiger partial charge in [-0.05, 0) is 50.9 Å². The number of rotatable bonds is 6. The first kappa shape index (κ1) is 17.9. The van der Waals surface area contributed by atoms with Crippen LogP contribution in [0.25, 0.3) is 10.9 Å². The number of hydrogen-bond acceptors (Lipinski definition) is 4. The Morgan fingerprint density at radius 3 is 2.85 bits per heavy atom. The summed E-state index contributed by atoms with van der Waals surface area (Å²) in [6.45, 7) is 7.27. The molecule has 0 radical (unpaired) electrons. The first-order valence-electron chi connectivity index (χ1n) is 9.91. The van der Waals surface area contributed by atoms with Gasteiger partial charge in [0.1, 0.15) is 0 Å². The second kappa shape index (κ2) is 8.05. The molecule has 26 heavy (non-hydrogen) atoms. The highest BCUT2D eigenvalue weighted by Crippen LogP contribution is 2.38. The van der Waals surface area contributed by atoms with Crippen LogP contribution in [0.3, 0.4) is 0 Å². The molecule has 1 fully saturated rings. The highest BCUT2D eigenvalue weighted by Gasteiger charge is 2.28. The van der Waals surface area contributed by atoms with Gasteiger partial charge in [-0.15, -0.1) is 11.8 Å². The summed E-state index contributed by atoms with van der Waals surface area (Å²) in [5, 5.41) is 2.12. The van der Waals surface area contributed by atoms with Gasteiger partial charge in [-0.25, -0.2) is 4.79 Å². The summed E-state index contributed by atoms with van der Waals surface area (Å²) in [6, 6.07) is 8.20. The zero-order chi connectivity index (χ0) is 17.9. The van der Waals surface area contributed by atoms with Gasteiger partial charge in [-0.2, -0.15) is 0 Å². The van der Waals surface area contributed by atoms with Crippen molar-refractivity contribution in [1.82, 2.24) is 9.47 Å². The molecule has 3 heterocycles. The maximum atomic E-state index is 12.9. The molecule has 0 N–H and O–H groups in total. The number of thioether (sulfide) groups is 1. The molecule has 140 valence electrons. The molecule has 4 rings (SSSR count). The number of nitrogens with zero attached hydrogens (tertiary/aromatic N) is 2. The van der Waals surface area contributed by atoms with Crippen LogP contribution in [-0.4, -0.2) is 47.4 Å². The monoisotopic (exact) mass is 372 g/mol. The van der Waals surface area contributed by atoms with E-state index in [4.69, 9.17) is 4.74 Å². The Balaban J connectivity index is 1.39. The normalized spacial score (nSPS) is 18.3. The molecular formula is C21H28N2O2S. The van der Waals surface area contributed by atoms with Crippen molar-refractivity contribution in [3.63, 3.8) is 0 Å². The zero-order valence-electron chi connectivity index (χ0n) is 15.6. The molecule has 5 heteroatoms. The lowest BCUT2D eigenvalue weighted by molar-refractivity contribution is 0.0370. The summed E-state index contributed by atoms with van der Waals surface area (Å²) in [6.07, 6.45) is 4.82. The van der Waals surface area contributed by atoms with E-state index in [-0.39, 0.29) is 5.97 Å². The highest BCUT2D eigenvalue weighted by molar-refractivity contribution is 7.99. The minimum absolute atomic E-state index is 0.141. The third-order valence-corrected chi connectivity index (χ3v) is 6.75. The maximum absolute atomic E-state index is 12.9. The zero-order valence-corrected chi connectivity index (χ0v) is 16.4. The Bertz CT molecular complexity index is 778. The predicted molar refractivity (Wildman–Crippen MR) is 107 cm³/mol. The molecule has 0 atom stereocenters. The Morgan fingerprint density at radius 2 is 2.04 bits per heavy atom. The number of fused-ring (bicyclic) bond motifs is 3. The van der Waals surface area contributed by atoms with Crippen LogP contribution in [0.5, 0.6) is 0 Å². The van der Waals surface area contributed by atoms with Crippen LogP contribution < -0.4 is 0 Å². The van der Waals surface area contributed by atoms with Gasteiger partial charge < -0.3 is 14.2 Å². The summed E-state index contributed by atoms with van der Waals surface area (Å²) in [5.74, 6) is 1.40. The van der Waals surface area contributed by atoms with E-state index in [1.807, 2.05) is 18.2 Å². The molecule has 2 aromatic rings. The van der Waals surface area contributed by atoms with E-state index in [1.165, 1.54) is 19.4 Å². The van der Waals surface area contributed by atoms with E-state index in [9.17, 15) is 4.79 Å². The number of hydrogen-bond donors (Lipinski definition) is 0. The first-order valence-corrected chi connectivity index (χ1v) is 10.9. The second-order valence-electron chi connectivity index (χ2n) is 7.43. The molecule has 1 aromatic heterocycles. The van der Waals surface area contributed by atoms with E-state index in [2.05, 4.69) is 22.5 Å². The third-order valence-electron chi connectivity index (χ3n) is 5.67. The summed E-state index contributed by atoms with van der Waals surface area (Å²) in [5.41, 5.74) is 1.94. The number of aryl methyl sites for hydroxylation is 1. The predicted octanol–water partition coefficient (Wildman–Crippen LogP) is 4.42. The van der Waals surface area contributed by atoms with Crippen molar-refractivity contribution in [2.75, 3.05) is 32.0 Å². The van der Waals surface area contributed by atoms with Crippen molar-refractivity contribution in [2.45, 2.75) is 44.2 Å². The van der Waals surface area contributed by atoms with Crippen LogP contribution >= 0.6 is 11.8 Å². The summed E-state index contributed by atoms with van der Waals surface area (Å²) in [7, 11) is 0. The average Bonchev–Trinajstić information content (AvgIpc) is 3.26. The van der Waals surface area contributed by atoms with Crippen molar-refractivity contribution >= 4 is 28.6 Å². The molecule has 2 aliphatic rings. The number of piperidine rings is 1. The number of unbranched alkanes of at least 4 members (excludes halogenated alkanes) is 1. The van der Waals surface area contributed by atoms with Gasteiger partial charge in [-0.1, -0.05) is 31.5 Å². The van der Waals surface area contributed by atoms with Gasteiger partial charge in [0.05, 0.1) is 17.2 Å². The molecule has 0 saturated carbocycles. The Morgan fingerprint density at radius 1 is 1.23 bits per heavy atom. The molecule has 0 unspecified atom stereocenters. The van der Waals surface area contributed by atoms with Crippen molar-refractivity contribution in [2.24, 2.45) is 5.92 Å². The minimum Gasteiger partial charge on any atom is -0.462 e. The van der Waals surface area contributed by atoms with Gasteiger partial charge in [0.15, 0.2) is 0 Å². The van der Waals surface area contributed by atoms with Crippen molar-refractivity contribution in [3.05, 3.63) is 29.8 Å². The fourth-order valence-electron chi connectivity index (χ4n) is 4.11. The van der Waals surface area contributed by atoms with E-state index < -0.39 is 0 Å². The van der Waals surface area contributed by atoms with E-state index in [0.717, 1.165) is 59.7 Å². The maximum Gasteiger partial charge on any atom is 0.341 e. The number of carbonyl (C=O) groups excluding carboxylic acids is 1. The average molecular weight is 373 g/mol. The van der Waals surface area contributed by atoms with Gasteiger partial charge in [-0.3, -0.25) is 0 Å².